The monoisotopic (exact) mass is 472 g/mol. The molecule has 0 unspecified atom stereocenters. The third kappa shape index (κ3) is 5.04. The molecule has 0 aliphatic carbocycles. The maximum atomic E-state index is 12.6. The van der Waals surface area contributed by atoms with E-state index in [1.165, 1.54) is 15.8 Å². The van der Waals surface area contributed by atoms with Gasteiger partial charge in [-0.1, -0.05) is 15.9 Å². The van der Waals surface area contributed by atoms with E-state index in [-0.39, 0.29) is 24.4 Å². The van der Waals surface area contributed by atoms with E-state index in [2.05, 4.69) is 26.2 Å². The van der Waals surface area contributed by atoms with Crippen LogP contribution in [0.5, 0.6) is 0 Å². The number of anilines is 2. The number of halogens is 1. The van der Waals surface area contributed by atoms with Crippen molar-refractivity contribution < 1.29 is 14.3 Å². The Balaban J connectivity index is 1.61. The molecule has 1 heterocycles. The minimum Gasteiger partial charge on any atom is -0.449 e. The number of amides is 2. The summed E-state index contributed by atoms with van der Waals surface area (Å²) in [5.74, 6) is -0.234. The van der Waals surface area contributed by atoms with Crippen LogP contribution in [0.2, 0.25) is 0 Å². The smallest absolute Gasteiger partial charge is 0.413 e. The number of ether oxygens (including phenoxy) is 1. The van der Waals surface area contributed by atoms with Gasteiger partial charge in [0, 0.05) is 35.9 Å². The molecule has 0 saturated heterocycles. The van der Waals surface area contributed by atoms with Crippen molar-refractivity contribution in [2.24, 2.45) is 0 Å². The molecule has 0 saturated carbocycles. The van der Waals surface area contributed by atoms with Crippen molar-refractivity contribution in [3.05, 3.63) is 63.6 Å². The van der Waals surface area contributed by atoms with Crippen molar-refractivity contribution >= 4 is 50.2 Å². The standard InChI is InChI=1S/C21H21BrN4O4/c1-3-30-21(29)25(2)16-7-5-15(6-8-16)24-19(27)10-11-26-13-23-18-9-4-14(22)12-17(18)20(26)28/h4-9,12-13H,3,10-11H2,1-2H3,(H,24,27). The topological polar surface area (TPSA) is 93.5 Å². The van der Waals surface area contributed by atoms with Crippen LogP contribution < -0.4 is 15.8 Å². The lowest BCUT2D eigenvalue weighted by atomic mass is 10.2. The van der Waals surface area contributed by atoms with E-state index in [0.717, 1.165) is 4.47 Å². The molecule has 3 rings (SSSR count). The van der Waals surface area contributed by atoms with Crippen molar-refractivity contribution in [1.82, 2.24) is 9.55 Å². The lowest BCUT2D eigenvalue weighted by Gasteiger charge is -2.17. The first-order valence-electron chi connectivity index (χ1n) is 9.34. The SMILES string of the molecule is CCOC(=O)N(C)c1ccc(NC(=O)CCn2cnc3ccc(Br)cc3c2=O)cc1. The van der Waals surface area contributed by atoms with Crippen LogP contribution in [-0.2, 0) is 16.1 Å². The van der Waals surface area contributed by atoms with Crippen LogP contribution in [0, 0.1) is 0 Å². The van der Waals surface area contributed by atoms with Crippen LogP contribution >= 0.6 is 15.9 Å². The van der Waals surface area contributed by atoms with Crippen molar-refractivity contribution in [2.45, 2.75) is 19.9 Å². The van der Waals surface area contributed by atoms with Gasteiger partial charge in [0.05, 0.1) is 23.8 Å². The minimum absolute atomic E-state index is 0.117. The van der Waals surface area contributed by atoms with Gasteiger partial charge in [-0.2, -0.15) is 0 Å². The maximum absolute atomic E-state index is 12.6. The minimum atomic E-state index is -0.448. The summed E-state index contributed by atoms with van der Waals surface area (Å²) in [6.07, 6.45) is 1.12. The molecule has 2 amide bonds. The molecule has 0 fully saturated rings. The van der Waals surface area contributed by atoms with Crippen LogP contribution in [-0.4, -0.2) is 35.2 Å². The molecule has 0 bridgehead atoms. The Morgan fingerprint density at radius 3 is 2.63 bits per heavy atom. The maximum Gasteiger partial charge on any atom is 0.413 e. The Morgan fingerprint density at radius 1 is 1.20 bits per heavy atom. The van der Waals surface area contributed by atoms with E-state index >= 15 is 0 Å². The zero-order valence-corrected chi connectivity index (χ0v) is 18.2. The molecule has 0 spiro atoms. The number of fused-ring (bicyclic) bond motifs is 1. The fraction of sp³-hybridized carbons (Fsp3) is 0.238. The zero-order valence-electron chi connectivity index (χ0n) is 16.6. The molecule has 0 radical (unpaired) electrons. The van der Waals surface area contributed by atoms with E-state index in [1.54, 1.807) is 50.4 Å². The number of rotatable bonds is 6. The molecular weight excluding hydrogens is 452 g/mol. The van der Waals surface area contributed by atoms with Gasteiger partial charge in [0.25, 0.3) is 5.56 Å². The van der Waals surface area contributed by atoms with Crippen molar-refractivity contribution in [3.63, 3.8) is 0 Å². The van der Waals surface area contributed by atoms with Crippen LogP contribution in [0.1, 0.15) is 13.3 Å². The molecule has 156 valence electrons. The van der Waals surface area contributed by atoms with E-state index < -0.39 is 6.09 Å². The molecule has 30 heavy (non-hydrogen) atoms. The average molecular weight is 473 g/mol. The van der Waals surface area contributed by atoms with E-state index in [9.17, 15) is 14.4 Å². The van der Waals surface area contributed by atoms with Gasteiger partial charge in [0.2, 0.25) is 5.91 Å². The van der Waals surface area contributed by atoms with Crippen LogP contribution in [0.25, 0.3) is 10.9 Å². The number of hydrogen-bond donors (Lipinski definition) is 1. The van der Waals surface area contributed by atoms with E-state index in [4.69, 9.17) is 4.74 Å². The first kappa shape index (κ1) is 21.5. The quantitative estimate of drug-likeness (QED) is 0.588. The highest BCUT2D eigenvalue weighted by Gasteiger charge is 2.12. The highest BCUT2D eigenvalue weighted by Crippen LogP contribution is 2.18. The van der Waals surface area contributed by atoms with Gasteiger partial charge in [-0.05, 0) is 49.4 Å². The Kier molecular flexibility index (Phi) is 6.83. The molecule has 1 N–H and O–H groups in total. The molecule has 3 aromatic rings. The summed E-state index contributed by atoms with van der Waals surface area (Å²) >= 11 is 3.35. The third-order valence-corrected chi connectivity index (χ3v) is 4.94. The van der Waals surface area contributed by atoms with Gasteiger partial charge in [-0.25, -0.2) is 9.78 Å². The first-order chi connectivity index (χ1) is 14.4. The fourth-order valence-electron chi connectivity index (χ4n) is 2.83. The third-order valence-electron chi connectivity index (χ3n) is 4.45. The summed E-state index contributed by atoms with van der Waals surface area (Å²) in [6, 6.07) is 12.1. The van der Waals surface area contributed by atoms with Gasteiger partial charge < -0.3 is 10.1 Å². The number of aromatic nitrogens is 2. The van der Waals surface area contributed by atoms with Gasteiger partial charge >= 0.3 is 6.09 Å². The normalized spacial score (nSPS) is 10.6. The number of benzene rings is 2. The van der Waals surface area contributed by atoms with Crippen molar-refractivity contribution in [1.29, 1.82) is 0 Å². The second kappa shape index (κ2) is 9.53. The van der Waals surface area contributed by atoms with Crippen molar-refractivity contribution in [2.75, 3.05) is 23.9 Å². The predicted octanol–water partition coefficient (Wildman–Crippen LogP) is 3.78. The van der Waals surface area contributed by atoms with Crippen LogP contribution in [0.15, 0.2) is 58.1 Å². The highest BCUT2D eigenvalue weighted by atomic mass is 79.9. The summed E-state index contributed by atoms with van der Waals surface area (Å²) in [5, 5.41) is 3.28. The summed E-state index contributed by atoms with van der Waals surface area (Å²) in [5.41, 5.74) is 1.65. The molecule has 0 aliphatic rings. The number of hydrogen-bond acceptors (Lipinski definition) is 5. The number of nitrogens with zero attached hydrogens (tertiary/aromatic N) is 3. The van der Waals surface area contributed by atoms with Crippen LogP contribution in [0.3, 0.4) is 0 Å². The molecule has 9 heteroatoms. The summed E-state index contributed by atoms with van der Waals surface area (Å²) in [4.78, 5) is 42.3. The predicted molar refractivity (Wildman–Crippen MR) is 119 cm³/mol. The lowest BCUT2D eigenvalue weighted by molar-refractivity contribution is -0.116. The molecular formula is C21H21BrN4O4. The van der Waals surface area contributed by atoms with Gasteiger partial charge in [-0.3, -0.25) is 19.1 Å². The molecule has 1 aromatic heterocycles. The molecule has 0 atom stereocenters. The second-order valence-electron chi connectivity index (χ2n) is 6.51. The van der Waals surface area contributed by atoms with E-state index in [0.29, 0.717) is 28.9 Å². The zero-order chi connectivity index (χ0) is 21.7. The number of aryl methyl sites for hydroxylation is 1. The van der Waals surface area contributed by atoms with Crippen molar-refractivity contribution in [3.8, 4) is 0 Å². The average Bonchev–Trinajstić information content (AvgIpc) is 2.74. The molecule has 2 aromatic carbocycles. The largest absolute Gasteiger partial charge is 0.449 e. The number of carbonyl (C=O) groups excluding carboxylic acids is 2. The first-order valence-corrected chi connectivity index (χ1v) is 10.1. The van der Waals surface area contributed by atoms with Gasteiger partial charge in [0.15, 0.2) is 0 Å². The summed E-state index contributed by atoms with van der Waals surface area (Å²) in [6.45, 7) is 2.25. The Labute approximate surface area is 181 Å². The Hall–Kier alpha value is -3.20. The Morgan fingerprint density at radius 2 is 1.93 bits per heavy atom. The number of nitrogens with one attached hydrogen (secondary N) is 1. The molecule has 0 aliphatic heterocycles. The summed E-state index contributed by atoms with van der Waals surface area (Å²) in [7, 11) is 1.61. The van der Waals surface area contributed by atoms with Gasteiger partial charge in [-0.15, -0.1) is 0 Å². The highest BCUT2D eigenvalue weighted by molar-refractivity contribution is 9.10. The van der Waals surface area contributed by atoms with Crippen LogP contribution in [0.4, 0.5) is 16.2 Å². The second-order valence-corrected chi connectivity index (χ2v) is 7.42. The Bertz CT molecular complexity index is 1130. The van der Waals surface area contributed by atoms with Gasteiger partial charge in [0.1, 0.15) is 0 Å². The lowest BCUT2D eigenvalue weighted by Crippen LogP contribution is -2.27. The summed E-state index contributed by atoms with van der Waals surface area (Å²) < 4.78 is 7.17. The molecule has 8 nitrogen and oxygen atoms in total. The number of carbonyl (C=O) groups is 2. The van der Waals surface area contributed by atoms with E-state index in [1.807, 2.05) is 6.07 Å². The fourth-order valence-corrected chi connectivity index (χ4v) is 3.19.